The summed E-state index contributed by atoms with van der Waals surface area (Å²) in [6, 6.07) is 19.2. The third-order valence-corrected chi connectivity index (χ3v) is 7.33. The van der Waals surface area contributed by atoms with E-state index in [-0.39, 0.29) is 11.4 Å². The molecule has 1 aromatic heterocycles. The molecule has 8 nitrogen and oxygen atoms in total. The second kappa shape index (κ2) is 15.7. The van der Waals surface area contributed by atoms with Gasteiger partial charge >= 0.3 is 11.8 Å². The maximum absolute atomic E-state index is 15.0. The number of rotatable bonds is 14. The summed E-state index contributed by atoms with van der Waals surface area (Å²) >= 11 is 0. The Bertz CT molecular complexity index is 1530. The molecule has 0 saturated carbocycles. The van der Waals surface area contributed by atoms with E-state index in [0.29, 0.717) is 24.1 Å². The molecule has 4 aromatic rings. The van der Waals surface area contributed by atoms with E-state index in [1.54, 1.807) is 19.4 Å². The zero-order valence-corrected chi connectivity index (χ0v) is 25.0. The summed E-state index contributed by atoms with van der Waals surface area (Å²) in [5.74, 6) is -1.24. The van der Waals surface area contributed by atoms with Crippen LogP contribution < -0.4 is 20.1 Å². The third kappa shape index (κ3) is 8.75. The van der Waals surface area contributed by atoms with Crippen molar-refractivity contribution in [1.29, 1.82) is 0 Å². The maximum atomic E-state index is 15.0. The minimum atomic E-state index is -0.878. The van der Waals surface area contributed by atoms with Crippen LogP contribution in [0.3, 0.4) is 0 Å². The molecule has 0 spiro atoms. The van der Waals surface area contributed by atoms with Gasteiger partial charge in [0.15, 0.2) is 11.6 Å². The van der Waals surface area contributed by atoms with Gasteiger partial charge in [0.1, 0.15) is 11.5 Å². The molecule has 226 valence electrons. The van der Waals surface area contributed by atoms with Gasteiger partial charge in [0.2, 0.25) is 0 Å². The largest absolute Gasteiger partial charge is 0.496 e. The summed E-state index contributed by atoms with van der Waals surface area (Å²) in [4.78, 5) is 31.4. The molecule has 4 rings (SSSR count). The number of nitrogens with one attached hydrogen (secondary N) is 2. The van der Waals surface area contributed by atoms with E-state index < -0.39 is 17.6 Å². The highest BCUT2D eigenvalue weighted by Gasteiger charge is 2.16. The molecule has 2 amide bonds. The number of halogens is 1. The normalized spacial score (nSPS) is 11.0. The fourth-order valence-corrected chi connectivity index (χ4v) is 4.87. The van der Waals surface area contributed by atoms with E-state index in [4.69, 9.17) is 9.47 Å². The number of fused-ring (bicyclic) bond motifs is 1. The number of carbonyl (C=O) groups excluding carboxylic acids is 2. The lowest BCUT2D eigenvalue weighted by atomic mass is 10.0. The van der Waals surface area contributed by atoms with Crippen molar-refractivity contribution in [2.45, 2.75) is 39.5 Å². The number of aromatic nitrogens is 1. The van der Waals surface area contributed by atoms with Gasteiger partial charge < -0.3 is 25.0 Å². The van der Waals surface area contributed by atoms with Crippen LogP contribution in [-0.2, 0) is 22.4 Å². The Morgan fingerprint density at radius 2 is 1.67 bits per heavy atom. The van der Waals surface area contributed by atoms with E-state index in [1.165, 1.54) is 12.1 Å². The van der Waals surface area contributed by atoms with Crippen LogP contribution in [0.4, 0.5) is 10.1 Å². The molecule has 2 N–H and O–H groups in total. The number of pyridine rings is 1. The van der Waals surface area contributed by atoms with Crippen molar-refractivity contribution in [3.05, 3.63) is 89.9 Å². The highest BCUT2D eigenvalue weighted by atomic mass is 19.1. The number of anilines is 1. The molecule has 0 bridgehead atoms. The molecule has 9 heteroatoms. The zero-order chi connectivity index (χ0) is 30.6. The van der Waals surface area contributed by atoms with Gasteiger partial charge in [0, 0.05) is 29.9 Å². The Morgan fingerprint density at radius 1 is 0.884 bits per heavy atom. The predicted octanol–water partition coefficient (Wildman–Crippen LogP) is 6.14. The first-order chi connectivity index (χ1) is 20.9. The molecule has 0 fully saturated rings. The van der Waals surface area contributed by atoms with E-state index in [0.717, 1.165) is 67.4 Å². The van der Waals surface area contributed by atoms with E-state index >= 15 is 4.39 Å². The highest BCUT2D eigenvalue weighted by Crippen LogP contribution is 2.35. The van der Waals surface area contributed by atoms with Gasteiger partial charge in [0.25, 0.3) is 0 Å². The number of nitrogens with zero attached hydrogens (tertiary/aromatic N) is 2. The first-order valence-corrected chi connectivity index (χ1v) is 14.7. The van der Waals surface area contributed by atoms with Crippen molar-refractivity contribution < 1.29 is 23.5 Å². The minimum Gasteiger partial charge on any atom is -0.496 e. The van der Waals surface area contributed by atoms with Crippen molar-refractivity contribution in [2.24, 2.45) is 0 Å². The van der Waals surface area contributed by atoms with Crippen LogP contribution in [0, 0.1) is 5.82 Å². The average Bonchev–Trinajstić information content (AvgIpc) is 3.02. The Kier molecular flexibility index (Phi) is 11.4. The van der Waals surface area contributed by atoms with E-state index in [1.807, 2.05) is 42.5 Å². The Labute approximate surface area is 252 Å². The molecule has 0 atom stereocenters. The van der Waals surface area contributed by atoms with E-state index in [9.17, 15) is 9.59 Å². The Hall–Kier alpha value is -4.50. The van der Waals surface area contributed by atoms with Crippen molar-refractivity contribution in [3.8, 4) is 17.2 Å². The molecular formula is C34H39FN4O4. The molecule has 0 aliphatic carbocycles. The maximum Gasteiger partial charge on any atom is 0.313 e. The minimum absolute atomic E-state index is 0.0303. The van der Waals surface area contributed by atoms with Crippen LogP contribution in [0.15, 0.2) is 72.9 Å². The number of unbranched alkanes of at least 4 members (excludes halogenated alkanes) is 1. The van der Waals surface area contributed by atoms with Crippen molar-refractivity contribution in [3.63, 3.8) is 0 Å². The van der Waals surface area contributed by atoms with Crippen LogP contribution in [-0.4, -0.2) is 55.0 Å². The van der Waals surface area contributed by atoms with Gasteiger partial charge in [-0.05, 0) is 86.8 Å². The SMILES string of the molecule is CCN(CC)CCCCc1cc2nccc(Oc3ccc(NC(=O)C(=O)NCCc4ccccc4)cc3F)c2cc1OC. The summed E-state index contributed by atoms with van der Waals surface area (Å²) < 4.78 is 26.7. The number of aryl methyl sites for hydroxylation is 1. The topological polar surface area (TPSA) is 92.8 Å². The number of ether oxygens (including phenoxy) is 2. The molecular weight excluding hydrogens is 547 g/mol. The Balaban J connectivity index is 1.38. The molecule has 1 heterocycles. The summed E-state index contributed by atoms with van der Waals surface area (Å²) in [6.07, 6.45) is 5.19. The zero-order valence-electron chi connectivity index (χ0n) is 25.0. The Morgan fingerprint density at radius 3 is 2.40 bits per heavy atom. The van der Waals surface area contributed by atoms with Gasteiger partial charge in [-0.2, -0.15) is 0 Å². The molecule has 0 aliphatic rings. The van der Waals surface area contributed by atoms with Crippen LogP contribution in [0.2, 0.25) is 0 Å². The molecule has 0 radical (unpaired) electrons. The quantitative estimate of drug-likeness (QED) is 0.136. The fourth-order valence-electron chi connectivity index (χ4n) is 4.87. The van der Waals surface area contributed by atoms with Gasteiger partial charge in [-0.25, -0.2) is 4.39 Å². The van der Waals surface area contributed by atoms with Crippen LogP contribution >= 0.6 is 0 Å². The summed E-state index contributed by atoms with van der Waals surface area (Å²) in [5.41, 5.74) is 2.97. The second-order valence-corrected chi connectivity index (χ2v) is 10.2. The number of methoxy groups -OCH3 is 1. The van der Waals surface area contributed by atoms with Crippen molar-refractivity contribution in [1.82, 2.24) is 15.2 Å². The third-order valence-electron chi connectivity index (χ3n) is 7.33. The monoisotopic (exact) mass is 586 g/mol. The van der Waals surface area contributed by atoms with Crippen LogP contribution in [0.1, 0.15) is 37.8 Å². The lowest BCUT2D eigenvalue weighted by Crippen LogP contribution is -2.36. The number of amides is 2. The summed E-state index contributed by atoms with van der Waals surface area (Å²) in [6.45, 7) is 7.82. The molecule has 3 aromatic carbocycles. The highest BCUT2D eigenvalue weighted by molar-refractivity contribution is 6.39. The van der Waals surface area contributed by atoms with Gasteiger partial charge in [-0.15, -0.1) is 0 Å². The van der Waals surface area contributed by atoms with Gasteiger partial charge in [-0.3, -0.25) is 14.6 Å². The smallest absolute Gasteiger partial charge is 0.313 e. The standard InChI is InChI=1S/C34H39FN4O4/c1-4-39(5-2)20-10-9-13-25-21-29-27(23-32(25)42-3)30(17-19-36-29)43-31-15-14-26(22-28(31)35)38-34(41)33(40)37-18-16-24-11-7-6-8-12-24/h6-8,11-12,14-15,17,19,21-23H,4-5,9-10,13,16,18,20H2,1-3H3,(H,37,40)(H,38,41). The molecule has 0 unspecified atom stereocenters. The van der Waals surface area contributed by atoms with Gasteiger partial charge in [-0.1, -0.05) is 44.2 Å². The lowest BCUT2D eigenvalue weighted by Gasteiger charge is -2.18. The van der Waals surface area contributed by atoms with Crippen molar-refractivity contribution >= 4 is 28.4 Å². The average molecular weight is 587 g/mol. The molecule has 0 saturated heterocycles. The van der Waals surface area contributed by atoms with Crippen molar-refractivity contribution in [2.75, 3.05) is 38.6 Å². The van der Waals surface area contributed by atoms with Crippen LogP contribution in [0.25, 0.3) is 10.9 Å². The first kappa shape index (κ1) is 31.4. The fraction of sp³-hybridized carbons (Fsp3) is 0.324. The molecule has 43 heavy (non-hydrogen) atoms. The predicted molar refractivity (Wildman–Crippen MR) is 167 cm³/mol. The molecule has 0 aliphatic heterocycles. The van der Waals surface area contributed by atoms with Crippen LogP contribution in [0.5, 0.6) is 17.2 Å². The number of hydrogen-bond donors (Lipinski definition) is 2. The number of carbonyl (C=O) groups is 2. The number of benzene rings is 3. The summed E-state index contributed by atoms with van der Waals surface area (Å²) in [5, 5.41) is 5.70. The van der Waals surface area contributed by atoms with Gasteiger partial charge in [0.05, 0.1) is 12.6 Å². The van der Waals surface area contributed by atoms with E-state index in [2.05, 4.69) is 34.4 Å². The summed E-state index contributed by atoms with van der Waals surface area (Å²) in [7, 11) is 1.63. The lowest BCUT2D eigenvalue weighted by molar-refractivity contribution is -0.136. The second-order valence-electron chi connectivity index (χ2n) is 10.2. The number of hydrogen-bond acceptors (Lipinski definition) is 6. The first-order valence-electron chi connectivity index (χ1n) is 14.7.